The molecule has 0 bridgehead atoms. The van der Waals surface area contributed by atoms with Crippen LogP contribution in [0.25, 0.3) is 0 Å². The first-order chi connectivity index (χ1) is 9.88. The van der Waals surface area contributed by atoms with Crippen molar-refractivity contribution in [1.82, 2.24) is 0 Å². The summed E-state index contributed by atoms with van der Waals surface area (Å²) in [5.41, 5.74) is -0.301. The molecular weight excluding hydrogens is 365 g/mol. The zero-order valence-electron chi connectivity index (χ0n) is 10.2. The van der Waals surface area contributed by atoms with Gasteiger partial charge in [0.15, 0.2) is 0 Å². The van der Waals surface area contributed by atoms with Crippen LogP contribution in [-0.2, 0) is 0 Å². The van der Waals surface area contributed by atoms with Crippen molar-refractivity contribution in [1.29, 1.82) is 0 Å². The Morgan fingerprint density at radius 3 is 2.67 bits per heavy atom. The molecule has 0 heterocycles. The van der Waals surface area contributed by atoms with E-state index in [0.717, 1.165) is 17.8 Å². The third-order valence-corrected chi connectivity index (χ3v) is 4.15. The summed E-state index contributed by atoms with van der Waals surface area (Å²) in [4.78, 5) is 21.9. The van der Waals surface area contributed by atoms with Crippen molar-refractivity contribution in [3.63, 3.8) is 0 Å². The highest BCUT2D eigenvalue weighted by molar-refractivity contribution is 9.10. The highest BCUT2D eigenvalue weighted by Gasteiger charge is 2.19. The Morgan fingerprint density at radius 2 is 2.05 bits per heavy atom. The minimum absolute atomic E-state index is 0.0730. The summed E-state index contributed by atoms with van der Waals surface area (Å²) in [5.74, 6) is -1.82. The number of benzene rings is 2. The summed E-state index contributed by atoms with van der Waals surface area (Å²) in [5, 5.41) is 19.9. The smallest absolute Gasteiger partial charge is 0.335 e. The summed E-state index contributed by atoms with van der Waals surface area (Å²) in [6.45, 7) is 0. The van der Waals surface area contributed by atoms with Crippen LogP contribution >= 0.6 is 27.7 Å². The fourth-order valence-electron chi connectivity index (χ4n) is 1.56. The molecule has 5 nitrogen and oxygen atoms in total. The Balaban J connectivity index is 2.43. The van der Waals surface area contributed by atoms with Crippen LogP contribution in [0.4, 0.5) is 10.1 Å². The second kappa shape index (κ2) is 6.23. The van der Waals surface area contributed by atoms with Crippen LogP contribution in [-0.4, -0.2) is 16.0 Å². The number of carboxylic acid groups (broad SMARTS) is 1. The highest BCUT2D eigenvalue weighted by Crippen LogP contribution is 2.38. The number of carbonyl (C=O) groups is 1. The van der Waals surface area contributed by atoms with Crippen molar-refractivity contribution in [3.05, 3.63) is 62.4 Å². The van der Waals surface area contributed by atoms with Crippen molar-refractivity contribution in [2.75, 3.05) is 0 Å². The maximum atomic E-state index is 13.4. The molecule has 21 heavy (non-hydrogen) atoms. The molecule has 0 spiro atoms. The molecule has 0 aliphatic heterocycles. The van der Waals surface area contributed by atoms with Gasteiger partial charge in [0.1, 0.15) is 5.82 Å². The third-order valence-electron chi connectivity index (χ3n) is 2.51. The minimum atomic E-state index is -1.09. The van der Waals surface area contributed by atoms with Crippen molar-refractivity contribution in [3.8, 4) is 0 Å². The van der Waals surface area contributed by atoms with Gasteiger partial charge in [-0.15, -0.1) is 0 Å². The van der Waals surface area contributed by atoms with E-state index in [1.54, 1.807) is 6.07 Å². The number of nitro benzene ring substituents is 1. The standard InChI is InChI=1S/C13H7BrFNO4S/c14-9-5-12(11(16(19)20)6-10(9)15)21-8-3-1-2-7(4-8)13(17)18/h1-6H,(H,17,18). The molecule has 8 heteroatoms. The van der Waals surface area contributed by atoms with Gasteiger partial charge in [0, 0.05) is 4.90 Å². The first-order valence-electron chi connectivity index (χ1n) is 5.53. The Morgan fingerprint density at radius 1 is 1.33 bits per heavy atom. The van der Waals surface area contributed by atoms with E-state index < -0.39 is 16.7 Å². The van der Waals surface area contributed by atoms with E-state index in [1.165, 1.54) is 24.3 Å². The van der Waals surface area contributed by atoms with Gasteiger partial charge in [-0.3, -0.25) is 10.1 Å². The first kappa shape index (κ1) is 15.5. The summed E-state index contributed by atoms with van der Waals surface area (Å²) >= 11 is 3.97. The zero-order valence-corrected chi connectivity index (χ0v) is 12.6. The van der Waals surface area contributed by atoms with E-state index in [9.17, 15) is 19.3 Å². The molecule has 0 amide bonds. The number of aromatic carboxylic acids is 1. The fraction of sp³-hybridized carbons (Fsp3) is 0. The predicted molar refractivity (Wildman–Crippen MR) is 78.3 cm³/mol. The summed E-state index contributed by atoms with van der Waals surface area (Å²) in [6, 6.07) is 8.10. The van der Waals surface area contributed by atoms with Crippen LogP contribution in [0.5, 0.6) is 0 Å². The average Bonchev–Trinajstić information content (AvgIpc) is 2.42. The largest absolute Gasteiger partial charge is 0.478 e. The van der Waals surface area contributed by atoms with Gasteiger partial charge in [-0.1, -0.05) is 17.8 Å². The van der Waals surface area contributed by atoms with E-state index in [2.05, 4.69) is 15.9 Å². The van der Waals surface area contributed by atoms with Crippen LogP contribution in [0.2, 0.25) is 0 Å². The van der Waals surface area contributed by atoms with Gasteiger partial charge in [-0.25, -0.2) is 9.18 Å². The van der Waals surface area contributed by atoms with Gasteiger partial charge in [0.05, 0.1) is 25.9 Å². The molecule has 2 aromatic carbocycles. The second-order valence-corrected chi connectivity index (χ2v) is 5.90. The van der Waals surface area contributed by atoms with Gasteiger partial charge in [-0.05, 0) is 40.2 Å². The molecule has 0 atom stereocenters. The van der Waals surface area contributed by atoms with E-state index in [-0.39, 0.29) is 20.6 Å². The Hall–Kier alpha value is -1.93. The minimum Gasteiger partial charge on any atom is -0.478 e. The molecule has 0 fully saturated rings. The van der Waals surface area contributed by atoms with Crippen molar-refractivity contribution in [2.24, 2.45) is 0 Å². The molecule has 1 N–H and O–H groups in total. The molecule has 0 aliphatic rings. The van der Waals surface area contributed by atoms with Crippen LogP contribution in [0.3, 0.4) is 0 Å². The summed E-state index contributed by atoms with van der Waals surface area (Å²) in [7, 11) is 0. The summed E-state index contributed by atoms with van der Waals surface area (Å²) in [6.07, 6.45) is 0. The molecule has 2 rings (SSSR count). The van der Waals surface area contributed by atoms with E-state index in [1.807, 2.05) is 0 Å². The lowest BCUT2D eigenvalue weighted by Gasteiger charge is -2.05. The molecular formula is C13H7BrFNO4S. The van der Waals surface area contributed by atoms with Crippen molar-refractivity contribution < 1.29 is 19.2 Å². The number of hydrogen-bond donors (Lipinski definition) is 1. The number of halogens is 2. The quantitative estimate of drug-likeness (QED) is 0.638. The second-order valence-electron chi connectivity index (χ2n) is 3.93. The number of rotatable bonds is 4. The Bertz CT molecular complexity index is 738. The lowest BCUT2D eigenvalue weighted by atomic mass is 10.2. The fourth-order valence-corrected chi connectivity index (χ4v) is 3.06. The van der Waals surface area contributed by atoms with E-state index >= 15 is 0 Å². The summed E-state index contributed by atoms with van der Waals surface area (Å²) < 4.78 is 13.5. The SMILES string of the molecule is O=C(O)c1cccc(Sc2cc(Br)c(F)cc2[N+](=O)[O-])c1. The van der Waals surface area contributed by atoms with Gasteiger partial charge in [0.2, 0.25) is 0 Å². The van der Waals surface area contributed by atoms with Gasteiger partial charge in [-0.2, -0.15) is 0 Å². The van der Waals surface area contributed by atoms with Crippen LogP contribution in [0.1, 0.15) is 10.4 Å². The molecule has 0 radical (unpaired) electrons. The van der Waals surface area contributed by atoms with Crippen LogP contribution < -0.4 is 0 Å². The lowest BCUT2D eigenvalue weighted by Crippen LogP contribution is -1.96. The van der Waals surface area contributed by atoms with Gasteiger partial charge < -0.3 is 5.11 Å². The third kappa shape index (κ3) is 3.59. The van der Waals surface area contributed by atoms with E-state index in [0.29, 0.717) is 4.90 Å². The number of hydrogen-bond acceptors (Lipinski definition) is 4. The van der Waals surface area contributed by atoms with Crippen LogP contribution in [0.15, 0.2) is 50.7 Å². The predicted octanol–water partition coefficient (Wildman–Crippen LogP) is 4.35. The molecule has 0 aromatic heterocycles. The molecule has 0 unspecified atom stereocenters. The Kier molecular flexibility index (Phi) is 4.59. The molecule has 0 aliphatic carbocycles. The molecule has 2 aromatic rings. The molecule has 0 saturated carbocycles. The maximum Gasteiger partial charge on any atom is 0.335 e. The number of carboxylic acids is 1. The molecule has 108 valence electrons. The lowest BCUT2D eigenvalue weighted by molar-refractivity contribution is -0.387. The van der Waals surface area contributed by atoms with Crippen molar-refractivity contribution in [2.45, 2.75) is 9.79 Å². The van der Waals surface area contributed by atoms with Crippen LogP contribution in [0, 0.1) is 15.9 Å². The maximum absolute atomic E-state index is 13.4. The zero-order chi connectivity index (χ0) is 15.6. The number of nitrogens with zero attached hydrogens (tertiary/aromatic N) is 1. The first-order valence-corrected chi connectivity index (χ1v) is 7.14. The normalized spacial score (nSPS) is 10.4. The van der Waals surface area contributed by atoms with Gasteiger partial charge >= 0.3 is 5.97 Å². The van der Waals surface area contributed by atoms with Gasteiger partial charge in [0.25, 0.3) is 5.69 Å². The van der Waals surface area contributed by atoms with Crippen molar-refractivity contribution >= 4 is 39.3 Å². The Labute approximate surface area is 131 Å². The number of nitro groups is 1. The van der Waals surface area contributed by atoms with E-state index in [4.69, 9.17) is 5.11 Å². The monoisotopic (exact) mass is 371 g/mol. The topological polar surface area (TPSA) is 80.4 Å². The molecule has 0 saturated heterocycles. The highest BCUT2D eigenvalue weighted by atomic mass is 79.9. The average molecular weight is 372 g/mol.